The second kappa shape index (κ2) is 15.4. The van der Waals surface area contributed by atoms with Gasteiger partial charge in [0.1, 0.15) is 17.4 Å². The number of nitrogens with zero attached hydrogens (tertiary/aromatic N) is 3. The molecular weight excluding hydrogens is 630 g/mol. The minimum atomic E-state index is -0.863. The molecule has 0 unspecified atom stereocenters. The van der Waals surface area contributed by atoms with E-state index in [1.807, 2.05) is 66.7 Å². The van der Waals surface area contributed by atoms with Crippen molar-refractivity contribution in [3.63, 3.8) is 0 Å². The number of benzene rings is 2. The number of carbonyl (C=O) groups is 2. The summed E-state index contributed by atoms with van der Waals surface area (Å²) in [6.45, 7) is 10.8. The lowest BCUT2D eigenvalue weighted by molar-refractivity contribution is -0.132. The highest BCUT2D eigenvalue weighted by atomic mass is 16.3. The second-order valence-electron chi connectivity index (χ2n) is 14.9. The molecule has 1 aliphatic carbocycles. The number of rotatable bonds is 13. The molecule has 2 aliphatic rings. The quantitative estimate of drug-likeness (QED) is 0.165. The van der Waals surface area contributed by atoms with Crippen molar-refractivity contribution < 1.29 is 24.2 Å². The highest BCUT2D eigenvalue weighted by molar-refractivity contribution is 5.82. The van der Waals surface area contributed by atoms with Gasteiger partial charge in [-0.15, -0.1) is 0 Å². The Morgan fingerprint density at radius 3 is 2.58 bits per heavy atom. The molecule has 0 radical (unpaired) electrons. The van der Waals surface area contributed by atoms with Gasteiger partial charge in [0.05, 0.1) is 23.8 Å². The number of β-amino-alcohol motifs (C(OH)–C–C–N with tert-alkyl or cyclic N) is 1. The van der Waals surface area contributed by atoms with Gasteiger partial charge in [-0.25, -0.2) is 0 Å². The number of pyridine rings is 1. The topological polar surface area (TPSA) is 131 Å². The molecule has 0 bridgehead atoms. The van der Waals surface area contributed by atoms with Crippen LogP contribution in [0.25, 0.3) is 11.0 Å². The summed E-state index contributed by atoms with van der Waals surface area (Å²) in [4.78, 5) is 36.3. The van der Waals surface area contributed by atoms with Gasteiger partial charge in [0.2, 0.25) is 11.8 Å². The Hall–Kier alpha value is -4.09. The lowest BCUT2D eigenvalue weighted by atomic mass is 9.91. The first-order valence-corrected chi connectivity index (χ1v) is 17.9. The Labute approximate surface area is 294 Å². The van der Waals surface area contributed by atoms with Crippen LogP contribution in [0.2, 0.25) is 0 Å². The molecule has 50 heavy (non-hydrogen) atoms. The number of aromatic nitrogens is 1. The summed E-state index contributed by atoms with van der Waals surface area (Å²) in [7, 11) is 0. The van der Waals surface area contributed by atoms with Crippen molar-refractivity contribution >= 4 is 22.8 Å². The number of hydrogen-bond donors (Lipinski definition) is 4. The van der Waals surface area contributed by atoms with Crippen LogP contribution in [0.3, 0.4) is 0 Å². The van der Waals surface area contributed by atoms with Crippen molar-refractivity contribution in [2.45, 2.75) is 76.8 Å². The molecule has 6 rings (SSSR count). The minimum absolute atomic E-state index is 0.0762. The molecule has 1 saturated heterocycles. The maximum atomic E-state index is 13.9. The lowest BCUT2D eigenvalue weighted by Crippen LogP contribution is -2.63. The van der Waals surface area contributed by atoms with Crippen LogP contribution in [-0.4, -0.2) is 87.8 Å². The van der Waals surface area contributed by atoms with Gasteiger partial charge >= 0.3 is 0 Å². The number of aliphatic hydroxyl groups excluding tert-OH is 2. The van der Waals surface area contributed by atoms with Gasteiger partial charge in [0, 0.05) is 62.8 Å². The number of fused-ring (bicyclic) bond motifs is 2. The van der Waals surface area contributed by atoms with Crippen molar-refractivity contribution in [2.24, 2.45) is 11.8 Å². The van der Waals surface area contributed by atoms with Crippen molar-refractivity contribution in [2.75, 3.05) is 32.7 Å². The van der Waals surface area contributed by atoms with Crippen LogP contribution in [0.1, 0.15) is 62.6 Å². The molecule has 4 N–H and O–H groups in total. The van der Waals surface area contributed by atoms with Crippen LogP contribution in [0.15, 0.2) is 83.5 Å². The summed E-state index contributed by atoms with van der Waals surface area (Å²) in [5, 5.41) is 29.7. The third-order valence-electron chi connectivity index (χ3n) is 10.4. The lowest BCUT2D eigenvalue weighted by Gasteiger charge is -2.47. The minimum Gasteiger partial charge on any atom is -0.459 e. The van der Waals surface area contributed by atoms with Gasteiger partial charge in [-0.2, -0.15) is 0 Å². The molecule has 10 heteroatoms. The Kier molecular flexibility index (Phi) is 11.0. The fraction of sp³-hybridized carbons (Fsp3) is 0.475. The van der Waals surface area contributed by atoms with Crippen molar-refractivity contribution in [3.05, 3.63) is 102 Å². The van der Waals surface area contributed by atoms with Crippen molar-refractivity contribution in [1.82, 2.24) is 25.4 Å². The molecule has 0 spiro atoms. The Balaban J connectivity index is 1.18. The number of piperazine rings is 1. The summed E-state index contributed by atoms with van der Waals surface area (Å²) in [5.41, 5.74) is 3.24. The standard InChI is InChI=1S/C40H51N5O5/c1-26(2)22-42-39(49)33-25-45(40(3,4)36-21-30-23-41-15-14-35(30)50-36)17-16-44(33)24-31(46)19-29(18-27-10-6-5-7-11-27)38(48)43-37-32-13-9-8-12-28(32)20-34(37)47/h5-15,21,23,26,29,31,33-34,37,46-47H,16-20,22,24-25H2,1-4H3,(H,42,49)(H,43,48)/t29-,31+,33+,34-,37+/m1/s1. The maximum Gasteiger partial charge on any atom is 0.238 e. The molecular formula is C40H51N5O5. The van der Waals surface area contributed by atoms with E-state index in [0.717, 1.165) is 33.4 Å². The number of carbonyl (C=O) groups excluding carboxylic acids is 2. The van der Waals surface area contributed by atoms with Gasteiger partial charge in [-0.05, 0) is 61.4 Å². The maximum absolute atomic E-state index is 13.9. The summed E-state index contributed by atoms with van der Waals surface area (Å²) in [5.74, 6) is 0.282. The molecule has 10 nitrogen and oxygen atoms in total. The van der Waals surface area contributed by atoms with E-state index in [9.17, 15) is 19.8 Å². The molecule has 266 valence electrons. The highest BCUT2D eigenvalue weighted by Gasteiger charge is 2.41. The van der Waals surface area contributed by atoms with Crippen molar-refractivity contribution in [1.29, 1.82) is 0 Å². The first kappa shape index (κ1) is 35.7. The van der Waals surface area contributed by atoms with Crippen LogP contribution in [-0.2, 0) is 28.0 Å². The zero-order chi connectivity index (χ0) is 35.4. The van der Waals surface area contributed by atoms with Gasteiger partial charge in [0.15, 0.2) is 0 Å². The Morgan fingerprint density at radius 1 is 1.06 bits per heavy atom. The fourth-order valence-electron chi connectivity index (χ4n) is 7.43. The van der Waals surface area contributed by atoms with Crippen LogP contribution < -0.4 is 10.6 Å². The average molecular weight is 682 g/mol. The number of amides is 2. The Bertz CT molecular complexity index is 1720. The fourth-order valence-corrected chi connectivity index (χ4v) is 7.43. The number of furan rings is 1. The van der Waals surface area contributed by atoms with E-state index >= 15 is 0 Å². The van der Waals surface area contributed by atoms with E-state index < -0.39 is 35.7 Å². The molecule has 2 aromatic carbocycles. The molecule has 3 heterocycles. The first-order valence-electron chi connectivity index (χ1n) is 17.9. The van der Waals surface area contributed by atoms with E-state index in [4.69, 9.17) is 4.42 Å². The molecule has 1 aliphatic heterocycles. The molecule has 5 atom stereocenters. The van der Waals surface area contributed by atoms with Gasteiger partial charge in [-0.3, -0.25) is 24.4 Å². The average Bonchev–Trinajstić information content (AvgIpc) is 3.68. The van der Waals surface area contributed by atoms with Crippen LogP contribution in [0, 0.1) is 11.8 Å². The highest BCUT2D eigenvalue weighted by Crippen LogP contribution is 2.35. The van der Waals surface area contributed by atoms with E-state index in [2.05, 4.69) is 53.1 Å². The van der Waals surface area contributed by atoms with E-state index in [1.165, 1.54) is 0 Å². The van der Waals surface area contributed by atoms with Crippen LogP contribution in [0.4, 0.5) is 0 Å². The summed E-state index contributed by atoms with van der Waals surface area (Å²) in [6, 6.07) is 20.5. The number of hydrogen-bond acceptors (Lipinski definition) is 8. The van der Waals surface area contributed by atoms with Crippen LogP contribution >= 0.6 is 0 Å². The summed E-state index contributed by atoms with van der Waals surface area (Å²) < 4.78 is 6.25. The van der Waals surface area contributed by atoms with E-state index in [0.29, 0.717) is 44.9 Å². The monoisotopic (exact) mass is 681 g/mol. The largest absolute Gasteiger partial charge is 0.459 e. The van der Waals surface area contributed by atoms with Gasteiger partial charge < -0.3 is 25.3 Å². The smallest absolute Gasteiger partial charge is 0.238 e. The number of aliphatic hydroxyl groups is 2. The van der Waals surface area contributed by atoms with Gasteiger partial charge in [0.25, 0.3) is 0 Å². The van der Waals surface area contributed by atoms with E-state index in [1.54, 1.807) is 12.4 Å². The first-order chi connectivity index (χ1) is 24.0. The molecule has 0 saturated carbocycles. The van der Waals surface area contributed by atoms with Gasteiger partial charge in [-0.1, -0.05) is 68.4 Å². The third kappa shape index (κ3) is 8.10. The van der Waals surface area contributed by atoms with Crippen molar-refractivity contribution in [3.8, 4) is 0 Å². The predicted molar refractivity (Wildman–Crippen MR) is 193 cm³/mol. The summed E-state index contributed by atoms with van der Waals surface area (Å²) in [6.07, 6.45) is 3.08. The third-order valence-corrected chi connectivity index (χ3v) is 10.4. The molecule has 4 aromatic rings. The summed E-state index contributed by atoms with van der Waals surface area (Å²) >= 11 is 0. The molecule has 1 fully saturated rings. The SMILES string of the molecule is CC(C)CNC(=O)[C@@H]1CN(C(C)(C)c2cc3cnccc3o2)CCN1C[C@@H](O)C[C@@H](Cc1ccccc1)C(=O)N[C@H]1c2ccccc2C[C@H]1O. The molecule has 2 aromatic heterocycles. The molecule has 2 amide bonds. The predicted octanol–water partition coefficient (Wildman–Crippen LogP) is 4.21. The Morgan fingerprint density at radius 2 is 1.82 bits per heavy atom. The second-order valence-corrected chi connectivity index (χ2v) is 14.9. The zero-order valence-corrected chi connectivity index (χ0v) is 29.6. The zero-order valence-electron chi connectivity index (χ0n) is 29.6. The van der Waals surface area contributed by atoms with E-state index in [-0.39, 0.29) is 24.8 Å². The normalized spacial score (nSPS) is 21.2. The van der Waals surface area contributed by atoms with Crippen LogP contribution in [0.5, 0.6) is 0 Å². The number of nitrogens with one attached hydrogen (secondary N) is 2.